The van der Waals surface area contributed by atoms with Crippen LogP contribution in [0, 0.1) is 11.6 Å². The molecule has 2 nitrogen and oxygen atoms in total. The summed E-state index contributed by atoms with van der Waals surface area (Å²) in [6.07, 6.45) is 0. The SMILES string of the molecule is CNC(c1ccc2c(c1)COC2)c1c(F)cc(Br)cc1F. The van der Waals surface area contributed by atoms with Gasteiger partial charge in [-0.3, -0.25) is 0 Å². The molecule has 21 heavy (non-hydrogen) atoms. The first kappa shape index (κ1) is 14.6. The van der Waals surface area contributed by atoms with Gasteiger partial charge in [0.25, 0.3) is 0 Å². The Morgan fingerprint density at radius 2 is 1.76 bits per heavy atom. The number of hydrogen-bond acceptors (Lipinski definition) is 2. The maximum atomic E-state index is 14.2. The Kier molecular flexibility index (Phi) is 4.06. The van der Waals surface area contributed by atoms with Gasteiger partial charge in [-0.05, 0) is 35.9 Å². The highest BCUT2D eigenvalue weighted by Crippen LogP contribution is 2.31. The molecular formula is C16H14BrF2NO. The minimum Gasteiger partial charge on any atom is -0.372 e. The van der Waals surface area contributed by atoms with E-state index in [1.54, 1.807) is 7.05 Å². The van der Waals surface area contributed by atoms with Crippen molar-refractivity contribution in [2.75, 3.05) is 7.05 Å². The van der Waals surface area contributed by atoms with Crippen LogP contribution in [0.1, 0.15) is 28.3 Å². The maximum Gasteiger partial charge on any atom is 0.132 e. The third-order valence-electron chi connectivity index (χ3n) is 3.70. The van der Waals surface area contributed by atoms with Crippen molar-refractivity contribution in [1.29, 1.82) is 0 Å². The first-order valence-electron chi connectivity index (χ1n) is 6.61. The van der Waals surface area contributed by atoms with E-state index in [0.29, 0.717) is 17.7 Å². The highest BCUT2D eigenvalue weighted by Gasteiger charge is 2.23. The molecule has 110 valence electrons. The fourth-order valence-corrected chi connectivity index (χ4v) is 3.08. The smallest absolute Gasteiger partial charge is 0.132 e. The zero-order valence-electron chi connectivity index (χ0n) is 11.4. The Morgan fingerprint density at radius 1 is 1.10 bits per heavy atom. The third kappa shape index (κ3) is 2.73. The van der Waals surface area contributed by atoms with Crippen LogP contribution in [-0.4, -0.2) is 7.05 Å². The molecule has 1 unspecified atom stereocenters. The van der Waals surface area contributed by atoms with Gasteiger partial charge in [-0.2, -0.15) is 0 Å². The quantitative estimate of drug-likeness (QED) is 0.898. The topological polar surface area (TPSA) is 21.3 Å². The minimum atomic E-state index is -0.571. The fraction of sp³-hybridized carbons (Fsp3) is 0.250. The van der Waals surface area contributed by atoms with Crippen molar-refractivity contribution < 1.29 is 13.5 Å². The molecule has 0 fully saturated rings. The molecule has 3 rings (SSSR count). The molecule has 1 N–H and O–H groups in total. The molecule has 0 saturated carbocycles. The molecule has 0 amide bonds. The van der Waals surface area contributed by atoms with Gasteiger partial charge >= 0.3 is 0 Å². The van der Waals surface area contributed by atoms with Gasteiger partial charge in [0.2, 0.25) is 0 Å². The van der Waals surface area contributed by atoms with Crippen LogP contribution in [0.4, 0.5) is 8.78 Å². The van der Waals surface area contributed by atoms with Gasteiger partial charge in [0, 0.05) is 10.0 Å². The van der Waals surface area contributed by atoms with Gasteiger partial charge in [0.15, 0.2) is 0 Å². The van der Waals surface area contributed by atoms with Crippen LogP contribution in [0.3, 0.4) is 0 Å². The second kappa shape index (κ2) is 5.83. The minimum absolute atomic E-state index is 0.0274. The average Bonchev–Trinajstić information content (AvgIpc) is 2.89. The van der Waals surface area contributed by atoms with E-state index in [0.717, 1.165) is 16.7 Å². The number of ether oxygens (including phenoxy) is 1. The second-order valence-electron chi connectivity index (χ2n) is 5.03. The van der Waals surface area contributed by atoms with Gasteiger partial charge in [-0.1, -0.05) is 34.1 Å². The van der Waals surface area contributed by atoms with E-state index in [4.69, 9.17) is 4.74 Å². The lowest BCUT2D eigenvalue weighted by Crippen LogP contribution is -2.20. The molecule has 0 saturated heterocycles. The summed E-state index contributed by atoms with van der Waals surface area (Å²) in [4.78, 5) is 0. The first-order chi connectivity index (χ1) is 10.1. The lowest BCUT2D eigenvalue weighted by molar-refractivity contribution is 0.134. The lowest BCUT2D eigenvalue weighted by atomic mass is 9.95. The van der Waals surface area contributed by atoms with Crippen LogP contribution in [0.2, 0.25) is 0 Å². The van der Waals surface area contributed by atoms with Crippen LogP contribution in [0.5, 0.6) is 0 Å². The second-order valence-corrected chi connectivity index (χ2v) is 5.94. The van der Waals surface area contributed by atoms with E-state index in [1.807, 2.05) is 18.2 Å². The molecular weight excluding hydrogens is 340 g/mol. The number of rotatable bonds is 3. The van der Waals surface area contributed by atoms with E-state index >= 15 is 0 Å². The van der Waals surface area contributed by atoms with Crippen molar-refractivity contribution in [3.63, 3.8) is 0 Å². The lowest BCUT2D eigenvalue weighted by Gasteiger charge is -2.19. The van der Waals surface area contributed by atoms with E-state index in [2.05, 4.69) is 21.2 Å². The highest BCUT2D eigenvalue weighted by atomic mass is 79.9. The molecule has 1 atom stereocenters. The summed E-state index contributed by atoms with van der Waals surface area (Å²) in [6, 6.07) is 7.80. The van der Waals surface area contributed by atoms with Gasteiger partial charge in [-0.15, -0.1) is 0 Å². The summed E-state index contributed by atoms with van der Waals surface area (Å²) in [5.74, 6) is -1.14. The Balaban J connectivity index is 2.07. The summed E-state index contributed by atoms with van der Waals surface area (Å²) < 4.78 is 34.1. The molecule has 0 bridgehead atoms. The maximum absolute atomic E-state index is 14.2. The van der Waals surface area contributed by atoms with Crippen molar-refractivity contribution in [1.82, 2.24) is 5.32 Å². The number of fused-ring (bicyclic) bond motifs is 1. The number of halogens is 3. The summed E-state index contributed by atoms with van der Waals surface area (Å²) in [5, 5.41) is 2.99. The van der Waals surface area contributed by atoms with Crippen molar-refractivity contribution in [2.24, 2.45) is 0 Å². The summed E-state index contributed by atoms with van der Waals surface area (Å²) in [5.41, 5.74) is 3.05. The van der Waals surface area contributed by atoms with Crippen LogP contribution >= 0.6 is 15.9 Å². The molecule has 2 aromatic carbocycles. The highest BCUT2D eigenvalue weighted by molar-refractivity contribution is 9.10. The standard InChI is InChI=1S/C16H14BrF2NO/c1-20-16(15-13(18)5-12(17)6-14(15)19)9-2-3-10-7-21-8-11(10)4-9/h2-6,16,20H,7-8H2,1H3. The molecule has 5 heteroatoms. The van der Waals surface area contributed by atoms with E-state index in [-0.39, 0.29) is 5.56 Å². The Hall–Kier alpha value is -1.30. The Bertz CT molecular complexity index is 667. The molecule has 0 aliphatic carbocycles. The molecule has 2 aromatic rings. The van der Waals surface area contributed by atoms with Gasteiger partial charge in [0.05, 0.1) is 19.3 Å². The molecule has 0 spiro atoms. The van der Waals surface area contributed by atoms with Crippen LogP contribution in [0.15, 0.2) is 34.8 Å². The predicted molar refractivity (Wildman–Crippen MR) is 79.9 cm³/mol. The number of hydrogen-bond donors (Lipinski definition) is 1. The van der Waals surface area contributed by atoms with Gasteiger partial charge in [-0.25, -0.2) is 8.78 Å². The first-order valence-corrected chi connectivity index (χ1v) is 7.40. The monoisotopic (exact) mass is 353 g/mol. The molecule has 0 radical (unpaired) electrons. The van der Waals surface area contributed by atoms with Crippen molar-refractivity contribution >= 4 is 15.9 Å². The largest absolute Gasteiger partial charge is 0.372 e. The predicted octanol–water partition coefficient (Wildman–Crippen LogP) is 4.07. The summed E-state index contributed by atoms with van der Waals surface area (Å²) in [6.45, 7) is 1.14. The number of benzene rings is 2. The van der Waals surface area contributed by atoms with Crippen LogP contribution in [0.25, 0.3) is 0 Å². The number of nitrogens with one attached hydrogen (secondary N) is 1. The van der Waals surface area contributed by atoms with E-state index in [1.165, 1.54) is 12.1 Å². The summed E-state index contributed by atoms with van der Waals surface area (Å²) in [7, 11) is 1.69. The Labute approximate surface area is 130 Å². The van der Waals surface area contributed by atoms with E-state index < -0.39 is 17.7 Å². The molecule has 0 aromatic heterocycles. The van der Waals surface area contributed by atoms with Crippen LogP contribution in [-0.2, 0) is 18.0 Å². The normalized spacial score (nSPS) is 15.0. The van der Waals surface area contributed by atoms with E-state index in [9.17, 15) is 8.78 Å². The fourth-order valence-electron chi connectivity index (χ4n) is 2.68. The zero-order valence-corrected chi connectivity index (χ0v) is 13.0. The summed E-state index contributed by atoms with van der Waals surface area (Å²) >= 11 is 3.10. The van der Waals surface area contributed by atoms with Crippen molar-refractivity contribution in [3.8, 4) is 0 Å². The third-order valence-corrected chi connectivity index (χ3v) is 4.16. The van der Waals surface area contributed by atoms with Gasteiger partial charge < -0.3 is 10.1 Å². The van der Waals surface area contributed by atoms with Crippen molar-refractivity contribution in [2.45, 2.75) is 19.3 Å². The molecule has 1 aliphatic heterocycles. The van der Waals surface area contributed by atoms with Crippen molar-refractivity contribution in [3.05, 3.63) is 68.7 Å². The van der Waals surface area contributed by atoms with Gasteiger partial charge in [0.1, 0.15) is 11.6 Å². The molecule has 1 heterocycles. The Morgan fingerprint density at radius 3 is 2.43 bits per heavy atom. The zero-order chi connectivity index (χ0) is 15.0. The van der Waals surface area contributed by atoms with Crippen LogP contribution < -0.4 is 5.32 Å². The molecule has 1 aliphatic rings. The average molecular weight is 354 g/mol.